The molecule has 0 N–H and O–H groups in total. The maximum atomic E-state index is 6.15. The Bertz CT molecular complexity index is 521. The van der Waals surface area contributed by atoms with Crippen molar-refractivity contribution in [1.82, 2.24) is 9.97 Å². The van der Waals surface area contributed by atoms with Crippen LogP contribution in [0.15, 0.2) is 12.1 Å². The molecule has 3 heteroatoms. The van der Waals surface area contributed by atoms with E-state index >= 15 is 0 Å². The maximum Gasteiger partial charge on any atom is 0.140 e. The van der Waals surface area contributed by atoms with Crippen molar-refractivity contribution in [3.05, 3.63) is 34.2 Å². The molecule has 0 saturated heterocycles. The molecule has 0 atom stereocenters. The van der Waals surface area contributed by atoms with Crippen molar-refractivity contribution >= 4 is 22.5 Å². The number of rotatable bonds is 1. The van der Waals surface area contributed by atoms with E-state index in [1.165, 1.54) is 5.56 Å². The third kappa shape index (κ3) is 1.82. The Labute approximate surface area is 94.3 Å². The van der Waals surface area contributed by atoms with Crippen LogP contribution in [0.25, 0.3) is 10.9 Å². The van der Waals surface area contributed by atoms with Crippen molar-refractivity contribution < 1.29 is 0 Å². The minimum Gasteiger partial charge on any atom is -0.233 e. The molecule has 2 aromatic rings. The predicted octanol–water partition coefficient (Wildman–Crippen LogP) is 3.46. The Hall–Kier alpha value is -1.15. The molecule has 1 aromatic heterocycles. The molecular weight excluding hydrogens is 208 g/mol. The van der Waals surface area contributed by atoms with Gasteiger partial charge in [0.25, 0.3) is 0 Å². The van der Waals surface area contributed by atoms with E-state index < -0.39 is 0 Å². The maximum absolute atomic E-state index is 6.15. The van der Waals surface area contributed by atoms with Crippen LogP contribution >= 0.6 is 11.6 Å². The summed E-state index contributed by atoms with van der Waals surface area (Å²) in [7, 11) is 0. The first-order valence-corrected chi connectivity index (χ1v) is 5.43. The third-order valence-electron chi connectivity index (χ3n) is 2.46. The minimum atomic E-state index is 0.564. The van der Waals surface area contributed by atoms with Gasteiger partial charge in [0.1, 0.15) is 11.0 Å². The van der Waals surface area contributed by atoms with Crippen LogP contribution in [0.1, 0.15) is 23.9 Å². The van der Waals surface area contributed by atoms with Gasteiger partial charge in [0.2, 0.25) is 0 Å². The van der Waals surface area contributed by atoms with E-state index in [2.05, 4.69) is 29.0 Å². The second-order valence-corrected chi connectivity index (χ2v) is 4.12. The zero-order valence-electron chi connectivity index (χ0n) is 9.13. The number of hydrogen-bond donors (Lipinski definition) is 0. The molecule has 0 aliphatic carbocycles. The van der Waals surface area contributed by atoms with Gasteiger partial charge in [-0.1, -0.05) is 24.6 Å². The van der Waals surface area contributed by atoms with Crippen molar-refractivity contribution in [3.8, 4) is 0 Å². The van der Waals surface area contributed by atoms with Crippen LogP contribution in [-0.2, 0) is 6.42 Å². The highest BCUT2D eigenvalue weighted by atomic mass is 35.5. The zero-order chi connectivity index (χ0) is 11.0. The highest BCUT2D eigenvalue weighted by molar-refractivity contribution is 6.34. The Balaban J connectivity index is 2.85. The normalized spacial score (nSPS) is 10.9. The molecule has 0 spiro atoms. The highest BCUT2D eigenvalue weighted by Gasteiger charge is 2.07. The number of fused-ring (bicyclic) bond motifs is 1. The van der Waals surface area contributed by atoms with Gasteiger partial charge in [-0.2, -0.15) is 0 Å². The Morgan fingerprint density at radius 3 is 2.60 bits per heavy atom. The molecule has 0 aliphatic heterocycles. The van der Waals surface area contributed by atoms with Crippen LogP contribution in [-0.4, -0.2) is 9.97 Å². The Kier molecular flexibility index (Phi) is 2.61. The topological polar surface area (TPSA) is 25.8 Å². The summed E-state index contributed by atoms with van der Waals surface area (Å²) in [4.78, 5) is 8.75. The van der Waals surface area contributed by atoms with E-state index in [4.69, 9.17) is 11.6 Å². The molecule has 0 bridgehead atoms. The summed E-state index contributed by atoms with van der Waals surface area (Å²) < 4.78 is 0. The molecule has 0 aliphatic rings. The minimum absolute atomic E-state index is 0.564. The second-order valence-electron chi connectivity index (χ2n) is 3.76. The third-order valence-corrected chi connectivity index (χ3v) is 2.73. The fraction of sp³-hybridized carbons (Fsp3) is 0.333. The van der Waals surface area contributed by atoms with Gasteiger partial charge in [0, 0.05) is 11.8 Å². The SMILES string of the molecule is CCc1nc(Cl)c2c(C)cc(C)cc2n1. The van der Waals surface area contributed by atoms with Crippen molar-refractivity contribution in [2.45, 2.75) is 27.2 Å². The largest absolute Gasteiger partial charge is 0.233 e. The van der Waals surface area contributed by atoms with Crippen LogP contribution in [0.5, 0.6) is 0 Å². The Morgan fingerprint density at radius 2 is 1.93 bits per heavy atom. The van der Waals surface area contributed by atoms with E-state index in [0.29, 0.717) is 5.15 Å². The lowest BCUT2D eigenvalue weighted by atomic mass is 10.1. The van der Waals surface area contributed by atoms with Crippen molar-refractivity contribution in [2.24, 2.45) is 0 Å². The quantitative estimate of drug-likeness (QED) is 0.688. The molecular formula is C12H13ClN2. The highest BCUT2D eigenvalue weighted by Crippen LogP contribution is 2.25. The van der Waals surface area contributed by atoms with E-state index in [-0.39, 0.29) is 0 Å². The summed E-state index contributed by atoms with van der Waals surface area (Å²) in [5.41, 5.74) is 3.29. The van der Waals surface area contributed by atoms with E-state index in [9.17, 15) is 0 Å². The summed E-state index contributed by atoms with van der Waals surface area (Å²) in [6.45, 7) is 6.13. The van der Waals surface area contributed by atoms with Gasteiger partial charge in [-0.25, -0.2) is 9.97 Å². The average molecular weight is 221 g/mol. The number of hydrogen-bond acceptors (Lipinski definition) is 2. The molecule has 0 amide bonds. The first kappa shape index (κ1) is 10.4. The fourth-order valence-electron chi connectivity index (χ4n) is 1.79. The van der Waals surface area contributed by atoms with E-state index in [1.54, 1.807) is 0 Å². The second kappa shape index (κ2) is 3.78. The Morgan fingerprint density at radius 1 is 1.20 bits per heavy atom. The number of benzene rings is 1. The lowest BCUT2D eigenvalue weighted by molar-refractivity contribution is 0.960. The van der Waals surface area contributed by atoms with Crippen LogP contribution in [0.4, 0.5) is 0 Å². The molecule has 1 aromatic carbocycles. The summed E-state index contributed by atoms with van der Waals surface area (Å²) in [5.74, 6) is 0.803. The van der Waals surface area contributed by atoms with E-state index in [0.717, 1.165) is 28.7 Å². The fourth-order valence-corrected chi connectivity index (χ4v) is 2.14. The van der Waals surface area contributed by atoms with E-state index in [1.807, 2.05) is 13.8 Å². The van der Waals surface area contributed by atoms with Gasteiger partial charge >= 0.3 is 0 Å². The van der Waals surface area contributed by atoms with Crippen LogP contribution < -0.4 is 0 Å². The number of aryl methyl sites for hydroxylation is 3. The van der Waals surface area contributed by atoms with Crippen molar-refractivity contribution in [1.29, 1.82) is 0 Å². The lowest BCUT2D eigenvalue weighted by Gasteiger charge is -2.06. The summed E-state index contributed by atoms with van der Waals surface area (Å²) in [6, 6.07) is 4.15. The molecule has 15 heavy (non-hydrogen) atoms. The summed E-state index contributed by atoms with van der Waals surface area (Å²) in [6.07, 6.45) is 0.808. The van der Waals surface area contributed by atoms with Crippen LogP contribution in [0.2, 0.25) is 5.15 Å². The van der Waals surface area contributed by atoms with Gasteiger partial charge in [-0.15, -0.1) is 0 Å². The van der Waals surface area contributed by atoms with Gasteiger partial charge in [-0.3, -0.25) is 0 Å². The van der Waals surface area contributed by atoms with Gasteiger partial charge in [0.05, 0.1) is 5.52 Å². The standard InChI is InChI=1S/C12H13ClN2/c1-4-10-14-9-6-7(2)5-8(3)11(9)12(13)15-10/h5-6H,4H2,1-3H3. The van der Waals surface area contributed by atoms with Crippen LogP contribution in [0, 0.1) is 13.8 Å². The molecule has 78 valence electrons. The predicted molar refractivity (Wildman–Crippen MR) is 63.4 cm³/mol. The monoisotopic (exact) mass is 220 g/mol. The molecule has 0 fully saturated rings. The van der Waals surface area contributed by atoms with Crippen LogP contribution in [0.3, 0.4) is 0 Å². The average Bonchev–Trinajstić information content (AvgIpc) is 2.15. The zero-order valence-corrected chi connectivity index (χ0v) is 9.89. The van der Waals surface area contributed by atoms with Crippen molar-refractivity contribution in [3.63, 3.8) is 0 Å². The molecule has 0 saturated carbocycles. The molecule has 0 radical (unpaired) electrons. The number of aromatic nitrogens is 2. The molecule has 1 heterocycles. The first-order chi connectivity index (χ1) is 7.11. The number of nitrogens with zero attached hydrogens (tertiary/aromatic N) is 2. The summed E-state index contributed by atoms with van der Waals surface area (Å²) in [5, 5.41) is 1.54. The summed E-state index contributed by atoms with van der Waals surface area (Å²) >= 11 is 6.15. The van der Waals surface area contributed by atoms with Crippen molar-refractivity contribution in [2.75, 3.05) is 0 Å². The smallest absolute Gasteiger partial charge is 0.140 e. The van der Waals surface area contributed by atoms with Gasteiger partial charge < -0.3 is 0 Å². The molecule has 2 rings (SSSR count). The lowest BCUT2D eigenvalue weighted by Crippen LogP contribution is -1.96. The molecule has 0 unspecified atom stereocenters. The number of halogens is 1. The molecule has 2 nitrogen and oxygen atoms in total. The van der Waals surface area contributed by atoms with Gasteiger partial charge in [-0.05, 0) is 31.0 Å². The first-order valence-electron chi connectivity index (χ1n) is 5.05. The van der Waals surface area contributed by atoms with Gasteiger partial charge in [0.15, 0.2) is 0 Å².